The number of ether oxygens (including phenoxy) is 4. The standard InChI is InChI=1S/C30H33N3O7S/c1-5-39-30(36)26-22-8-6-7-9-25(22)41-29(26)32-28(35)20-11-13-21(14-12-20)40-18(2)27(34)33-31-17-19-10-15-23(37-3)24(16-19)38-4/h10-18H,5-9H2,1-4H3,(H,32,35)(H,33,34). The van der Waals surface area contributed by atoms with Crippen molar-refractivity contribution in [1.29, 1.82) is 0 Å². The summed E-state index contributed by atoms with van der Waals surface area (Å²) >= 11 is 1.44. The molecule has 1 aliphatic carbocycles. The number of carbonyl (C=O) groups excluding carboxylic acids is 3. The highest BCUT2D eigenvalue weighted by atomic mass is 32.1. The number of methoxy groups -OCH3 is 2. The summed E-state index contributed by atoms with van der Waals surface area (Å²) in [7, 11) is 3.09. The summed E-state index contributed by atoms with van der Waals surface area (Å²) in [6.07, 6.45) is 4.40. The number of aryl methyl sites for hydroxylation is 1. The van der Waals surface area contributed by atoms with Crippen LogP contribution in [-0.4, -0.2) is 50.9 Å². The Hall–Kier alpha value is -4.38. The molecule has 1 aromatic heterocycles. The number of hydrogen-bond acceptors (Lipinski definition) is 9. The summed E-state index contributed by atoms with van der Waals surface area (Å²) in [5.74, 6) is 0.335. The molecule has 10 nitrogen and oxygen atoms in total. The van der Waals surface area contributed by atoms with E-state index in [9.17, 15) is 14.4 Å². The van der Waals surface area contributed by atoms with Gasteiger partial charge in [-0.3, -0.25) is 9.59 Å². The molecule has 0 fully saturated rings. The van der Waals surface area contributed by atoms with Gasteiger partial charge in [-0.2, -0.15) is 5.10 Å². The molecule has 0 radical (unpaired) electrons. The van der Waals surface area contributed by atoms with Crippen molar-refractivity contribution < 1.29 is 33.3 Å². The van der Waals surface area contributed by atoms with E-state index in [4.69, 9.17) is 18.9 Å². The van der Waals surface area contributed by atoms with Crippen molar-refractivity contribution in [2.75, 3.05) is 26.1 Å². The first-order valence-electron chi connectivity index (χ1n) is 13.3. The third-order valence-electron chi connectivity index (χ3n) is 6.47. The van der Waals surface area contributed by atoms with E-state index in [1.54, 1.807) is 63.4 Å². The Morgan fingerprint density at radius 1 is 1.02 bits per heavy atom. The highest BCUT2D eigenvalue weighted by Crippen LogP contribution is 2.39. The Balaban J connectivity index is 1.35. The lowest BCUT2D eigenvalue weighted by Crippen LogP contribution is -2.33. The fourth-order valence-corrected chi connectivity index (χ4v) is 5.66. The second-order valence-electron chi connectivity index (χ2n) is 9.22. The van der Waals surface area contributed by atoms with Crippen LogP contribution >= 0.6 is 11.3 Å². The topological polar surface area (TPSA) is 125 Å². The van der Waals surface area contributed by atoms with Crippen molar-refractivity contribution >= 4 is 40.3 Å². The molecule has 0 spiro atoms. The van der Waals surface area contributed by atoms with Crippen LogP contribution in [0, 0.1) is 0 Å². The molecule has 11 heteroatoms. The van der Waals surface area contributed by atoms with Crippen LogP contribution in [0.2, 0.25) is 0 Å². The predicted molar refractivity (Wildman–Crippen MR) is 157 cm³/mol. The number of carbonyl (C=O) groups is 3. The van der Waals surface area contributed by atoms with Crippen LogP contribution in [0.4, 0.5) is 5.00 Å². The summed E-state index contributed by atoms with van der Waals surface area (Å²) in [6.45, 7) is 3.62. The van der Waals surface area contributed by atoms with Gasteiger partial charge in [-0.25, -0.2) is 10.2 Å². The zero-order valence-electron chi connectivity index (χ0n) is 23.4. The fourth-order valence-electron chi connectivity index (χ4n) is 4.39. The van der Waals surface area contributed by atoms with Crippen LogP contribution in [0.25, 0.3) is 0 Å². The second kappa shape index (κ2) is 13.8. The molecule has 3 aromatic rings. The average molecular weight is 580 g/mol. The molecule has 4 rings (SSSR count). The molecule has 216 valence electrons. The number of hydrazone groups is 1. The summed E-state index contributed by atoms with van der Waals surface area (Å²) in [5, 5.41) is 7.39. The lowest BCUT2D eigenvalue weighted by atomic mass is 9.95. The van der Waals surface area contributed by atoms with Gasteiger partial charge in [-0.1, -0.05) is 0 Å². The number of fused-ring (bicyclic) bond motifs is 1. The number of anilines is 1. The van der Waals surface area contributed by atoms with Crippen LogP contribution < -0.4 is 25.0 Å². The summed E-state index contributed by atoms with van der Waals surface area (Å²) < 4.78 is 21.5. The highest BCUT2D eigenvalue weighted by Gasteiger charge is 2.27. The molecule has 2 amide bonds. The number of hydrogen-bond donors (Lipinski definition) is 2. The maximum atomic E-state index is 13.0. The highest BCUT2D eigenvalue weighted by molar-refractivity contribution is 7.17. The maximum absolute atomic E-state index is 13.0. The minimum absolute atomic E-state index is 0.263. The van der Waals surface area contributed by atoms with Crippen molar-refractivity contribution in [2.45, 2.75) is 45.6 Å². The van der Waals surface area contributed by atoms with Crippen molar-refractivity contribution in [1.82, 2.24) is 5.43 Å². The van der Waals surface area contributed by atoms with Gasteiger partial charge < -0.3 is 24.3 Å². The van der Waals surface area contributed by atoms with Gasteiger partial charge in [0, 0.05) is 10.4 Å². The Bertz CT molecular complexity index is 1430. The molecule has 2 aromatic carbocycles. The van der Waals surface area contributed by atoms with E-state index in [1.807, 2.05) is 0 Å². The minimum Gasteiger partial charge on any atom is -0.493 e. The van der Waals surface area contributed by atoms with Crippen LogP contribution in [0.5, 0.6) is 17.2 Å². The zero-order valence-corrected chi connectivity index (χ0v) is 24.3. The van der Waals surface area contributed by atoms with Crippen LogP contribution in [0.3, 0.4) is 0 Å². The Labute approximate surface area is 242 Å². The van der Waals surface area contributed by atoms with Gasteiger partial charge in [0.1, 0.15) is 10.8 Å². The number of thiophene rings is 1. The molecular formula is C30H33N3O7S. The Morgan fingerprint density at radius 3 is 2.46 bits per heavy atom. The van der Waals surface area contributed by atoms with Crippen molar-refractivity contribution in [3.05, 3.63) is 69.6 Å². The number of esters is 1. The van der Waals surface area contributed by atoms with Crippen LogP contribution in [-0.2, 0) is 22.4 Å². The molecule has 1 atom stereocenters. The summed E-state index contributed by atoms with van der Waals surface area (Å²) in [4.78, 5) is 39.3. The van der Waals surface area contributed by atoms with E-state index in [1.165, 1.54) is 24.7 Å². The maximum Gasteiger partial charge on any atom is 0.341 e. The molecule has 0 saturated heterocycles. The lowest BCUT2D eigenvalue weighted by Gasteiger charge is -2.13. The largest absolute Gasteiger partial charge is 0.493 e. The number of benzene rings is 2. The fraction of sp³-hybridized carbons (Fsp3) is 0.333. The number of rotatable bonds is 11. The van der Waals surface area contributed by atoms with E-state index in [-0.39, 0.29) is 12.5 Å². The smallest absolute Gasteiger partial charge is 0.341 e. The van der Waals surface area contributed by atoms with Crippen LogP contribution in [0.15, 0.2) is 47.6 Å². The molecule has 1 heterocycles. The molecule has 0 aliphatic heterocycles. The molecule has 0 bridgehead atoms. The van der Waals surface area contributed by atoms with Crippen molar-refractivity contribution in [3.8, 4) is 17.2 Å². The number of nitrogens with one attached hydrogen (secondary N) is 2. The first-order valence-corrected chi connectivity index (χ1v) is 14.1. The van der Waals surface area contributed by atoms with E-state index in [2.05, 4.69) is 15.8 Å². The molecule has 0 saturated carbocycles. The van der Waals surface area contributed by atoms with Gasteiger partial charge in [0.25, 0.3) is 11.8 Å². The molecule has 2 N–H and O–H groups in total. The van der Waals surface area contributed by atoms with Crippen molar-refractivity contribution in [2.24, 2.45) is 5.10 Å². The van der Waals surface area contributed by atoms with Gasteiger partial charge in [0.2, 0.25) is 0 Å². The normalized spacial score (nSPS) is 13.2. The third-order valence-corrected chi connectivity index (χ3v) is 7.68. The third kappa shape index (κ3) is 7.23. The van der Waals surface area contributed by atoms with Gasteiger partial charge in [0.15, 0.2) is 17.6 Å². The lowest BCUT2D eigenvalue weighted by molar-refractivity contribution is -0.127. The van der Waals surface area contributed by atoms with Gasteiger partial charge in [-0.15, -0.1) is 11.3 Å². The first kappa shape index (κ1) is 29.6. The summed E-state index contributed by atoms with van der Waals surface area (Å²) in [6, 6.07) is 11.7. The molecule has 41 heavy (non-hydrogen) atoms. The van der Waals surface area contributed by atoms with Crippen molar-refractivity contribution in [3.63, 3.8) is 0 Å². The van der Waals surface area contributed by atoms with E-state index < -0.39 is 18.0 Å². The Morgan fingerprint density at radius 2 is 1.76 bits per heavy atom. The van der Waals surface area contributed by atoms with Gasteiger partial charge in [0.05, 0.1) is 32.6 Å². The number of nitrogens with zero attached hydrogens (tertiary/aromatic N) is 1. The summed E-state index contributed by atoms with van der Waals surface area (Å²) in [5.41, 5.74) is 5.00. The van der Waals surface area contributed by atoms with Gasteiger partial charge >= 0.3 is 5.97 Å². The van der Waals surface area contributed by atoms with E-state index in [0.29, 0.717) is 38.9 Å². The van der Waals surface area contributed by atoms with E-state index in [0.717, 1.165) is 36.1 Å². The average Bonchev–Trinajstić information content (AvgIpc) is 3.35. The molecule has 1 aliphatic rings. The molecule has 1 unspecified atom stereocenters. The van der Waals surface area contributed by atoms with Gasteiger partial charge in [-0.05, 0) is 93.1 Å². The minimum atomic E-state index is -0.846. The zero-order chi connectivity index (χ0) is 29.4. The second-order valence-corrected chi connectivity index (χ2v) is 10.3. The molecular weight excluding hydrogens is 546 g/mol. The monoisotopic (exact) mass is 579 g/mol. The quantitative estimate of drug-likeness (QED) is 0.186. The predicted octanol–water partition coefficient (Wildman–Crippen LogP) is 4.99. The Kier molecular flexibility index (Phi) is 9.96. The van der Waals surface area contributed by atoms with E-state index >= 15 is 0 Å². The first-order chi connectivity index (χ1) is 19.8. The van der Waals surface area contributed by atoms with Crippen LogP contribution in [0.1, 0.15) is 63.4 Å². The SMILES string of the molecule is CCOC(=O)c1c(NC(=O)c2ccc(OC(C)C(=O)NN=Cc3ccc(OC)c(OC)c3)cc2)sc2c1CCCC2. The number of amides is 2.